The maximum Gasteiger partial charge on any atom is 0.0614 e. The Hall–Kier alpha value is -0.820. The monoisotopic (exact) mass is 224 g/mol. The van der Waals surface area contributed by atoms with Crippen LogP contribution in [0.25, 0.3) is 0 Å². The first-order valence-electron chi connectivity index (χ1n) is 6.11. The predicted octanol–water partition coefficient (Wildman–Crippen LogP) is 4.40. The molecular formula is C15H26O. The van der Waals surface area contributed by atoms with Gasteiger partial charge in [0.2, 0.25) is 0 Å². The van der Waals surface area contributed by atoms with Crippen LogP contribution in [0.15, 0.2) is 34.9 Å². The molecule has 0 aromatic rings. The molecule has 0 fully saturated rings. The van der Waals surface area contributed by atoms with Gasteiger partial charge in [0.1, 0.15) is 0 Å². The third-order valence-electron chi connectivity index (χ3n) is 2.56. The molecule has 0 saturated carbocycles. The zero-order chi connectivity index (χ0) is 12.4. The summed E-state index contributed by atoms with van der Waals surface area (Å²) in [7, 11) is 0. The molecule has 0 radical (unpaired) electrons. The summed E-state index contributed by atoms with van der Waals surface area (Å²) >= 11 is 0. The molecule has 0 saturated heterocycles. The summed E-state index contributed by atoms with van der Waals surface area (Å²) in [6.07, 6.45) is 10.9. The van der Waals surface area contributed by atoms with Gasteiger partial charge in [-0.15, -0.1) is 0 Å². The minimum Gasteiger partial charge on any atom is -0.392 e. The summed E-state index contributed by atoms with van der Waals surface area (Å²) in [5.74, 6) is 0. The second-order valence-electron chi connectivity index (χ2n) is 4.64. The zero-order valence-electron chi connectivity index (χ0n) is 11.2. The van der Waals surface area contributed by atoms with Gasteiger partial charge >= 0.3 is 0 Å². The van der Waals surface area contributed by atoms with Crippen LogP contribution in [0.3, 0.4) is 0 Å². The molecule has 0 atom stereocenters. The number of allylic oxidation sites excluding steroid dienone is 5. The topological polar surface area (TPSA) is 20.2 Å². The number of rotatable bonds is 7. The first-order chi connectivity index (χ1) is 7.56. The molecule has 0 aliphatic heterocycles. The van der Waals surface area contributed by atoms with Gasteiger partial charge in [-0.1, -0.05) is 34.9 Å². The SMILES string of the molecule is CC(C)=CCC/C(C)=C/[13CH2]C/C([13CH3])=C/CO. The maximum absolute atomic E-state index is 8.72. The standard InChI is InChI=1S/C15H26O/c1-13(2)7-5-8-14(3)9-6-10-15(4)11-12-16/h7,9,11,16H,5-6,8,10,12H2,1-4H3/b14-9+,15-11+/i4+1,6+1. The number of hydrogen-bond acceptors (Lipinski definition) is 1. The fourth-order valence-corrected chi connectivity index (χ4v) is 1.49. The van der Waals surface area contributed by atoms with Gasteiger partial charge in [0.05, 0.1) is 6.61 Å². The molecule has 0 spiro atoms. The fraction of sp³-hybridized carbons (Fsp3) is 0.600. The molecule has 0 rings (SSSR count). The van der Waals surface area contributed by atoms with E-state index in [1.54, 1.807) is 0 Å². The van der Waals surface area contributed by atoms with Crippen LogP contribution in [0.2, 0.25) is 0 Å². The highest BCUT2D eigenvalue weighted by Gasteiger charge is 1.91. The lowest BCUT2D eigenvalue weighted by atomic mass is 10.1. The van der Waals surface area contributed by atoms with Crippen molar-refractivity contribution in [2.75, 3.05) is 6.61 Å². The largest absolute Gasteiger partial charge is 0.392 e. The molecule has 0 aliphatic carbocycles. The third-order valence-corrected chi connectivity index (χ3v) is 2.56. The number of aliphatic hydroxyl groups is 1. The maximum atomic E-state index is 8.72. The van der Waals surface area contributed by atoms with E-state index in [4.69, 9.17) is 5.11 Å². The summed E-state index contributed by atoms with van der Waals surface area (Å²) in [6, 6.07) is 0. The molecule has 0 bridgehead atoms. The van der Waals surface area contributed by atoms with Gasteiger partial charge < -0.3 is 5.11 Å². The first kappa shape index (κ1) is 15.2. The van der Waals surface area contributed by atoms with E-state index in [2.05, 4.69) is 39.8 Å². The molecule has 16 heavy (non-hydrogen) atoms. The smallest absolute Gasteiger partial charge is 0.0614 e. The fourth-order valence-electron chi connectivity index (χ4n) is 1.49. The van der Waals surface area contributed by atoms with Gasteiger partial charge in [-0.25, -0.2) is 0 Å². The van der Waals surface area contributed by atoms with Gasteiger partial charge in [-0.3, -0.25) is 0 Å². The summed E-state index contributed by atoms with van der Waals surface area (Å²) in [5.41, 5.74) is 4.14. The van der Waals surface area contributed by atoms with Crippen LogP contribution in [0, 0.1) is 0 Å². The van der Waals surface area contributed by atoms with Crippen LogP contribution < -0.4 is 0 Å². The normalized spacial score (nSPS) is 12.8. The van der Waals surface area contributed by atoms with Gasteiger partial charge in [0.15, 0.2) is 0 Å². The Morgan fingerprint density at radius 2 is 1.31 bits per heavy atom. The van der Waals surface area contributed by atoms with E-state index in [0.29, 0.717) is 0 Å². The molecule has 1 heteroatoms. The third kappa shape index (κ3) is 9.72. The van der Waals surface area contributed by atoms with Crippen molar-refractivity contribution in [3.05, 3.63) is 34.9 Å². The van der Waals surface area contributed by atoms with E-state index in [1.165, 1.54) is 16.7 Å². The zero-order valence-corrected chi connectivity index (χ0v) is 11.2. The Kier molecular flexibility index (Phi) is 8.93. The molecule has 0 aromatic carbocycles. The molecule has 0 amide bonds. The highest BCUT2D eigenvalue weighted by molar-refractivity contribution is 5.05. The quantitative estimate of drug-likeness (QED) is 0.502. The molecule has 0 heterocycles. The Bertz CT molecular complexity index is 265. The van der Waals surface area contributed by atoms with Crippen molar-refractivity contribution in [3.8, 4) is 0 Å². The number of aliphatic hydroxyl groups excluding tert-OH is 1. The molecule has 1 nitrogen and oxygen atoms in total. The van der Waals surface area contributed by atoms with Gasteiger partial charge in [0, 0.05) is 0 Å². The van der Waals surface area contributed by atoms with Crippen molar-refractivity contribution in [3.63, 3.8) is 0 Å². The second-order valence-corrected chi connectivity index (χ2v) is 4.64. The average molecular weight is 224 g/mol. The summed E-state index contributed by atoms with van der Waals surface area (Å²) in [5, 5.41) is 8.72. The van der Waals surface area contributed by atoms with Crippen LogP contribution in [-0.2, 0) is 0 Å². The predicted molar refractivity (Wildman–Crippen MR) is 72.5 cm³/mol. The number of hydrogen-bond donors (Lipinski definition) is 1. The first-order valence-corrected chi connectivity index (χ1v) is 6.11. The van der Waals surface area contributed by atoms with Crippen molar-refractivity contribution in [2.45, 2.75) is 53.4 Å². The Balaban J connectivity index is 3.79. The Morgan fingerprint density at radius 3 is 1.81 bits per heavy atom. The summed E-state index contributed by atoms with van der Waals surface area (Å²) in [4.78, 5) is 0. The average Bonchev–Trinajstić information content (AvgIpc) is 2.17. The summed E-state index contributed by atoms with van der Waals surface area (Å²) in [6.45, 7) is 8.71. The van der Waals surface area contributed by atoms with Crippen LogP contribution in [0.4, 0.5) is 0 Å². The van der Waals surface area contributed by atoms with E-state index in [9.17, 15) is 0 Å². The van der Waals surface area contributed by atoms with Crippen molar-refractivity contribution in [1.29, 1.82) is 0 Å². The van der Waals surface area contributed by atoms with E-state index in [-0.39, 0.29) is 6.61 Å². The lowest BCUT2D eigenvalue weighted by Gasteiger charge is -2.00. The van der Waals surface area contributed by atoms with Gasteiger partial charge in [0.25, 0.3) is 0 Å². The second kappa shape index (κ2) is 9.41. The van der Waals surface area contributed by atoms with Crippen LogP contribution >= 0.6 is 0 Å². The molecule has 0 aliphatic rings. The van der Waals surface area contributed by atoms with Gasteiger partial charge in [-0.2, -0.15) is 0 Å². The van der Waals surface area contributed by atoms with Crippen LogP contribution in [-0.4, -0.2) is 11.7 Å². The van der Waals surface area contributed by atoms with Crippen molar-refractivity contribution in [1.82, 2.24) is 0 Å². The van der Waals surface area contributed by atoms with Crippen LogP contribution in [0.5, 0.6) is 0 Å². The van der Waals surface area contributed by atoms with Crippen molar-refractivity contribution in [2.24, 2.45) is 0 Å². The summed E-state index contributed by atoms with van der Waals surface area (Å²) < 4.78 is 0. The molecule has 0 aromatic heterocycles. The molecule has 1 N–H and O–H groups in total. The highest BCUT2D eigenvalue weighted by Crippen LogP contribution is 2.10. The van der Waals surface area contributed by atoms with E-state index in [1.807, 2.05) is 6.08 Å². The minimum atomic E-state index is 0.162. The highest BCUT2D eigenvalue weighted by atomic mass is 16.2. The van der Waals surface area contributed by atoms with Crippen molar-refractivity contribution >= 4 is 0 Å². The molecule has 92 valence electrons. The van der Waals surface area contributed by atoms with E-state index >= 15 is 0 Å². The van der Waals surface area contributed by atoms with E-state index in [0.717, 1.165) is 25.7 Å². The molecule has 0 unspecified atom stereocenters. The molecular weight excluding hydrogens is 198 g/mol. The Morgan fingerprint density at radius 1 is 0.812 bits per heavy atom. The Labute approximate surface area is 101 Å². The van der Waals surface area contributed by atoms with Crippen molar-refractivity contribution < 1.29 is 5.11 Å². The lowest BCUT2D eigenvalue weighted by Crippen LogP contribution is -1.82. The van der Waals surface area contributed by atoms with Crippen LogP contribution in [0.1, 0.15) is 53.4 Å². The van der Waals surface area contributed by atoms with Gasteiger partial charge in [-0.05, 0) is 53.4 Å². The van der Waals surface area contributed by atoms with E-state index < -0.39 is 0 Å². The lowest BCUT2D eigenvalue weighted by molar-refractivity contribution is 0.341. The minimum absolute atomic E-state index is 0.162.